The summed E-state index contributed by atoms with van der Waals surface area (Å²) in [5.74, 6) is 1.00. The molecule has 0 radical (unpaired) electrons. The molecule has 1 amide bonds. The van der Waals surface area contributed by atoms with Crippen LogP contribution >= 0.6 is 11.8 Å². The van der Waals surface area contributed by atoms with Gasteiger partial charge in [-0.3, -0.25) is 9.78 Å². The molecule has 1 aliphatic carbocycles. The van der Waals surface area contributed by atoms with Crippen LogP contribution in [0.3, 0.4) is 0 Å². The number of thioether (sulfide) groups is 1. The van der Waals surface area contributed by atoms with E-state index in [1.54, 1.807) is 36.3 Å². The Balaban J connectivity index is 1.28. The second-order valence-electron chi connectivity index (χ2n) is 9.30. The molecule has 1 fully saturated rings. The van der Waals surface area contributed by atoms with Gasteiger partial charge in [0.15, 0.2) is 5.16 Å². The SMILES string of the molecule is CC1CCCCC1NC(=O)c1ccc(CSc2nc3ccncc3n2Cc2cccc(F)c2)cc1. The fourth-order valence-electron chi connectivity index (χ4n) is 4.71. The fourth-order valence-corrected chi connectivity index (χ4v) is 5.68. The molecule has 2 unspecified atom stereocenters. The van der Waals surface area contributed by atoms with Gasteiger partial charge in [-0.1, -0.05) is 55.8 Å². The molecule has 2 heterocycles. The molecular weight excluding hydrogens is 459 g/mol. The van der Waals surface area contributed by atoms with Crippen LogP contribution < -0.4 is 5.32 Å². The predicted octanol–water partition coefficient (Wildman–Crippen LogP) is 6.22. The van der Waals surface area contributed by atoms with Crippen LogP contribution in [-0.2, 0) is 12.3 Å². The minimum Gasteiger partial charge on any atom is -0.349 e. The van der Waals surface area contributed by atoms with Gasteiger partial charge in [0.2, 0.25) is 0 Å². The summed E-state index contributed by atoms with van der Waals surface area (Å²) >= 11 is 1.62. The highest BCUT2D eigenvalue weighted by Crippen LogP contribution is 2.28. The average Bonchev–Trinajstić information content (AvgIpc) is 3.21. The van der Waals surface area contributed by atoms with Crippen LogP contribution in [-0.4, -0.2) is 26.5 Å². The lowest BCUT2D eigenvalue weighted by Crippen LogP contribution is -2.41. The minimum absolute atomic E-state index is 0.00680. The summed E-state index contributed by atoms with van der Waals surface area (Å²) in [5.41, 5.74) is 4.46. The number of nitrogens with zero attached hydrogens (tertiary/aromatic N) is 3. The van der Waals surface area contributed by atoms with Crippen molar-refractivity contribution >= 4 is 28.7 Å². The van der Waals surface area contributed by atoms with Crippen molar-refractivity contribution in [3.05, 3.63) is 89.5 Å². The Morgan fingerprint density at radius 1 is 1.11 bits per heavy atom. The zero-order valence-electron chi connectivity index (χ0n) is 19.8. The van der Waals surface area contributed by atoms with E-state index in [0.717, 1.165) is 33.7 Å². The number of aromatic nitrogens is 3. The monoisotopic (exact) mass is 488 g/mol. The molecule has 0 bridgehead atoms. The summed E-state index contributed by atoms with van der Waals surface area (Å²) in [5, 5.41) is 4.07. The lowest BCUT2D eigenvalue weighted by Gasteiger charge is -2.29. The van der Waals surface area contributed by atoms with E-state index in [0.29, 0.717) is 23.8 Å². The first-order valence-corrected chi connectivity index (χ1v) is 13.1. The molecule has 0 aliphatic heterocycles. The van der Waals surface area contributed by atoms with Gasteiger partial charge in [-0.25, -0.2) is 9.37 Å². The number of rotatable bonds is 7. The van der Waals surface area contributed by atoms with Crippen LogP contribution in [0.25, 0.3) is 11.0 Å². The Morgan fingerprint density at radius 2 is 1.94 bits per heavy atom. The maximum Gasteiger partial charge on any atom is 0.251 e. The van der Waals surface area contributed by atoms with Gasteiger partial charge in [0.25, 0.3) is 5.91 Å². The molecule has 0 spiro atoms. The molecule has 1 saturated carbocycles. The first-order chi connectivity index (χ1) is 17.1. The number of carbonyl (C=O) groups excluding carboxylic acids is 1. The molecular formula is C28H29FN4OS. The number of carbonyl (C=O) groups is 1. The molecule has 7 heteroatoms. The van der Waals surface area contributed by atoms with E-state index in [-0.39, 0.29) is 17.8 Å². The lowest BCUT2D eigenvalue weighted by atomic mass is 9.86. The quantitative estimate of drug-likeness (QED) is 0.314. The molecule has 4 aromatic rings. The van der Waals surface area contributed by atoms with E-state index >= 15 is 0 Å². The van der Waals surface area contributed by atoms with E-state index < -0.39 is 0 Å². The third-order valence-corrected chi connectivity index (χ3v) is 7.80. The van der Waals surface area contributed by atoms with E-state index in [1.165, 1.54) is 25.3 Å². The number of hydrogen-bond donors (Lipinski definition) is 1. The van der Waals surface area contributed by atoms with Crippen molar-refractivity contribution < 1.29 is 9.18 Å². The zero-order valence-corrected chi connectivity index (χ0v) is 20.6. The van der Waals surface area contributed by atoms with Gasteiger partial charge in [-0.15, -0.1) is 0 Å². The summed E-state index contributed by atoms with van der Waals surface area (Å²) in [7, 11) is 0. The van der Waals surface area contributed by atoms with Gasteiger partial charge in [0, 0.05) is 23.6 Å². The molecule has 35 heavy (non-hydrogen) atoms. The Kier molecular flexibility index (Phi) is 7.13. The number of benzene rings is 2. The van der Waals surface area contributed by atoms with Crippen molar-refractivity contribution in [3.8, 4) is 0 Å². The Labute approximate surface area is 209 Å². The molecule has 180 valence electrons. The summed E-state index contributed by atoms with van der Waals surface area (Å²) < 4.78 is 15.8. The van der Waals surface area contributed by atoms with Crippen LogP contribution in [0.4, 0.5) is 4.39 Å². The van der Waals surface area contributed by atoms with Gasteiger partial charge >= 0.3 is 0 Å². The number of halogens is 1. The normalized spacial score (nSPS) is 18.0. The summed E-state index contributed by atoms with van der Waals surface area (Å²) in [6.07, 6.45) is 8.22. The topological polar surface area (TPSA) is 59.8 Å². The summed E-state index contributed by atoms with van der Waals surface area (Å²) in [6.45, 7) is 2.74. The van der Waals surface area contributed by atoms with Crippen molar-refractivity contribution in [1.29, 1.82) is 0 Å². The molecule has 5 rings (SSSR count). The van der Waals surface area contributed by atoms with E-state index in [9.17, 15) is 9.18 Å². The van der Waals surface area contributed by atoms with E-state index in [4.69, 9.17) is 4.98 Å². The molecule has 2 atom stereocenters. The molecule has 1 N–H and O–H groups in total. The van der Waals surface area contributed by atoms with Crippen LogP contribution in [0, 0.1) is 11.7 Å². The van der Waals surface area contributed by atoms with Gasteiger partial charge in [0.1, 0.15) is 5.82 Å². The first-order valence-electron chi connectivity index (χ1n) is 12.1. The van der Waals surface area contributed by atoms with Gasteiger partial charge in [0.05, 0.1) is 23.8 Å². The molecule has 2 aromatic heterocycles. The highest BCUT2D eigenvalue weighted by molar-refractivity contribution is 7.98. The Morgan fingerprint density at radius 3 is 2.74 bits per heavy atom. The van der Waals surface area contributed by atoms with Crippen LogP contribution in [0.15, 0.2) is 72.1 Å². The maximum absolute atomic E-state index is 13.7. The van der Waals surface area contributed by atoms with Crippen LogP contribution in [0.5, 0.6) is 0 Å². The number of hydrogen-bond acceptors (Lipinski definition) is 4. The first kappa shape index (κ1) is 23.5. The second kappa shape index (κ2) is 10.6. The second-order valence-corrected chi connectivity index (χ2v) is 10.2. The number of fused-ring (bicyclic) bond motifs is 1. The Hall–Kier alpha value is -3.19. The van der Waals surface area contributed by atoms with Crippen molar-refractivity contribution in [3.63, 3.8) is 0 Å². The smallest absolute Gasteiger partial charge is 0.251 e. The predicted molar refractivity (Wildman–Crippen MR) is 138 cm³/mol. The molecule has 1 aliphatic rings. The van der Waals surface area contributed by atoms with Crippen LogP contribution in [0.2, 0.25) is 0 Å². The zero-order chi connectivity index (χ0) is 24.2. The lowest BCUT2D eigenvalue weighted by molar-refractivity contribution is 0.0910. The van der Waals surface area contributed by atoms with Gasteiger partial charge in [-0.2, -0.15) is 0 Å². The third-order valence-electron chi connectivity index (χ3n) is 6.76. The highest BCUT2D eigenvalue weighted by atomic mass is 32.2. The van der Waals surface area contributed by atoms with Gasteiger partial charge < -0.3 is 9.88 Å². The number of amides is 1. The van der Waals surface area contributed by atoms with E-state index in [2.05, 4.69) is 21.8 Å². The average molecular weight is 489 g/mol. The standard InChI is InChI=1S/C28H29FN4OS/c1-19-5-2-3-8-24(19)31-27(34)22-11-9-20(10-12-22)18-35-28-32-25-13-14-30-16-26(25)33(28)17-21-6-4-7-23(29)15-21/h4,6-7,9-16,19,24H,2-3,5,8,17-18H2,1H3,(H,31,34). The van der Waals surface area contributed by atoms with E-state index in [1.807, 2.05) is 36.4 Å². The number of pyridine rings is 1. The molecule has 2 aromatic carbocycles. The summed E-state index contributed by atoms with van der Waals surface area (Å²) in [6, 6.07) is 16.6. The molecule has 0 saturated heterocycles. The van der Waals surface area contributed by atoms with Crippen LogP contribution in [0.1, 0.15) is 54.1 Å². The third kappa shape index (κ3) is 5.56. The fraction of sp³-hybridized carbons (Fsp3) is 0.321. The molecule has 5 nitrogen and oxygen atoms in total. The number of imidazole rings is 1. The minimum atomic E-state index is -0.249. The van der Waals surface area contributed by atoms with Crippen molar-refractivity contribution in [1.82, 2.24) is 19.9 Å². The van der Waals surface area contributed by atoms with Crippen molar-refractivity contribution in [2.45, 2.75) is 56.1 Å². The highest BCUT2D eigenvalue weighted by Gasteiger charge is 2.23. The Bertz CT molecular complexity index is 1320. The largest absolute Gasteiger partial charge is 0.349 e. The van der Waals surface area contributed by atoms with Crippen molar-refractivity contribution in [2.24, 2.45) is 5.92 Å². The maximum atomic E-state index is 13.7. The summed E-state index contributed by atoms with van der Waals surface area (Å²) in [4.78, 5) is 21.8. The number of nitrogens with one attached hydrogen (secondary N) is 1. The van der Waals surface area contributed by atoms with Gasteiger partial charge in [-0.05, 0) is 60.2 Å². The van der Waals surface area contributed by atoms with Crippen molar-refractivity contribution in [2.75, 3.05) is 0 Å².